The Labute approximate surface area is 115 Å². The second kappa shape index (κ2) is 5.45. The molecular weight excluding hydrogens is 267 g/mol. The summed E-state index contributed by atoms with van der Waals surface area (Å²) in [5.74, 6) is 0.142. The van der Waals surface area contributed by atoms with Crippen molar-refractivity contribution in [1.82, 2.24) is 0 Å². The zero-order valence-electron chi connectivity index (χ0n) is 10.8. The zero-order chi connectivity index (χ0) is 14.8. The number of hydrogen-bond donors (Lipinski definition) is 1. The summed E-state index contributed by atoms with van der Waals surface area (Å²) in [4.78, 5) is 0. The highest BCUT2D eigenvalue weighted by Gasteiger charge is 2.33. The molecule has 0 bridgehead atoms. The average molecular weight is 281 g/mol. The van der Waals surface area contributed by atoms with Crippen molar-refractivity contribution in [3.05, 3.63) is 59.7 Å². The molecule has 0 saturated carbocycles. The van der Waals surface area contributed by atoms with Crippen LogP contribution in [-0.4, -0.2) is 0 Å². The molecular formula is C15H14F3NO. The molecule has 2 nitrogen and oxygen atoms in total. The van der Waals surface area contributed by atoms with Crippen LogP contribution < -0.4 is 10.5 Å². The third-order valence-electron chi connectivity index (χ3n) is 2.91. The fourth-order valence-corrected chi connectivity index (χ4v) is 1.85. The molecule has 0 fully saturated rings. The topological polar surface area (TPSA) is 35.2 Å². The van der Waals surface area contributed by atoms with Crippen LogP contribution in [0.3, 0.4) is 0 Å². The van der Waals surface area contributed by atoms with Crippen molar-refractivity contribution >= 4 is 5.69 Å². The Bertz CT molecular complexity index is 581. The van der Waals surface area contributed by atoms with Gasteiger partial charge in [0.25, 0.3) is 0 Å². The molecule has 0 heterocycles. The number of rotatable bonds is 3. The SMILES string of the molecule is CC(Oc1ccc(N)c(C(F)(F)F)c1)c1ccccc1. The van der Waals surface area contributed by atoms with Crippen LogP contribution in [0.15, 0.2) is 48.5 Å². The van der Waals surface area contributed by atoms with Gasteiger partial charge in [0.2, 0.25) is 0 Å². The molecule has 0 radical (unpaired) electrons. The van der Waals surface area contributed by atoms with Gasteiger partial charge in [-0.15, -0.1) is 0 Å². The second-order valence-corrected chi connectivity index (χ2v) is 4.42. The van der Waals surface area contributed by atoms with Gasteiger partial charge in [-0.1, -0.05) is 30.3 Å². The van der Waals surface area contributed by atoms with Crippen molar-refractivity contribution in [2.45, 2.75) is 19.2 Å². The van der Waals surface area contributed by atoms with Gasteiger partial charge >= 0.3 is 6.18 Å². The fraction of sp³-hybridized carbons (Fsp3) is 0.200. The van der Waals surface area contributed by atoms with Crippen LogP contribution in [0.5, 0.6) is 5.75 Å². The number of hydrogen-bond acceptors (Lipinski definition) is 2. The first-order valence-corrected chi connectivity index (χ1v) is 6.06. The van der Waals surface area contributed by atoms with Gasteiger partial charge < -0.3 is 10.5 Å². The van der Waals surface area contributed by atoms with E-state index in [0.29, 0.717) is 0 Å². The lowest BCUT2D eigenvalue weighted by atomic mass is 10.1. The van der Waals surface area contributed by atoms with E-state index in [1.54, 1.807) is 6.92 Å². The molecule has 5 heteroatoms. The molecule has 1 unspecified atom stereocenters. The van der Waals surface area contributed by atoms with Crippen LogP contribution in [-0.2, 0) is 6.18 Å². The Morgan fingerprint density at radius 3 is 2.30 bits per heavy atom. The summed E-state index contributed by atoms with van der Waals surface area (Å²) in [6.07, 6.45) is -4.83. The Morgan fingerprint density at radius 2 is 1.70 bits per heavy atom. The Morgan fingerprint density at radius 1 is 1.05 bits per heavy atom. The van der Waals surface area contributed by atoms with Gasteiger partial charge in [-0.2, -0.15) is 13.2 Å². The molecule has 2 aromatic carbocycles. The number of ether oxygens (including phenoxy) is 1. The molecule has 0 aliphatic rings. The highest BCUT2D eigenvalue weighted by Crippen LogP contribution is 2.36. The predicted molar refractivity (Wildman–Crippen MR) is 71.3 cm³/mol. The van der Waals surface area contributed by atoms with E-state index in [4.69, 9.17) is 10.5 Å². The first-order chi connectivity index (χ1) is 9.38. The van der Waals surface area contributed by atoms with Gasteiger partial charge in [-0.05, 0) is 30.7 Å². The summed E-state index contributed by atoms with van der Waals surface area (Å²) in [5.41, 5.74) is 5.04. The molecule has 106 valence electrons. The normalized spacial score (nSPS) is 13.0. The second-order valence-electron chi connectivity index (χ2n) is 4.42. The molecule has 1 atom stereocenters. The van der Waals surface area contributed by atoms with Gasteiger partial charge in [0, 0.05) is 5.69 Å². The van der Waals surface area contributed by atoms with Crippen LogP contribution >= 0.6 is 0 Å². The number of halogens is 3. The predicted octanol–water partition coefficient (Wildman–Crippen LogP) is 4.43. The largest absolute Gasteiger partial charge is 0.486 e. The number of anilines is 1. The monoisotopic (exact) mass is 281 g/mol. The van der Waals surface area contributed by atoms with E-state index in [1.807, 2.05) is 30.3 Å². The first kappa shape index (κ1) is 14.2. The molecule has 0 amide bonds. The van der Waals surface area contributed by atoms with Gasteiger partial charge in [0.05, 0.1) is 5.56 Å². The number of nitrogen functional groups attached to an aromatic ring is 1. The summed E-state index contributed by atoms with van der Waals surface area (Å²) in [7, 11) is 0. The van der Waals surface area contributed by atoms with Gasteiger partial charge in [0.15, 0.2) is 0 Å². The molecule has 0 aliphatic carbocycles. The lowest BCUT2D eigenvalue weighted by Crippen LogP contribution is -2.10. The maximum Gasteiger partial charge on any atom is 0.418 e. The van der Waals surface area contributed by atoms with Crippen molar-refractivity contribution in [2.75, 3.05) is 5.73 Å². The molecule has 0 saturated heterocycles. The maximum atomic E-state index is 12.8. The van der Waals surface area contributed by atoms with Gasteiger partial charge in [0.1, 0.15) is 11.9 Å². The minimum Gasteiger partial charge on any atom is -0.486 e. The Balaban J connectivity index is 2.22. The van der Waals surface area contributed by atoms with Crippen molar-refractivity contribution < 1.29 is 17.9 Å². The molecule has 2 N–H and O–H groups in total. The van der Waals surface area contributed by atoms with Crippen molar-refractivity contribution in [1.29, 1.82) is 0 Å². The number of nitrogens with two attached hydrogens (primary N) is 1. The highest BCUT2D eigenvalue weighted by atomic mass is 19.4. The molecule has 0 spiro atoms. The van der Waals surface area contributed by atoms with E-state index in [9.17, 15) is 13.2 Å². The van der Waals surface area contributed by atoms with E-state index in [0.717, 1.165) is 11.6 Å². The van der Waals surface area contributed by atoms with Gasteiger partial charge in [-0.25, -0.2) is 0 Å². The number of alkyl halides is 3. The van der Waals surface area contributed by atoms with Crippen molar-refractivity contribution in [3.63, 3.8) is 0 Å². The molecule has 0 aliphatic heterocycles. The Kier molecular flexibility index (Phi) is 3.88. The molecule has 2 aromatic rings. The zero-order valence-corrected chi connectivity index (χ0v) is 10.8. The number of benzene rings is 2. The summed E-state index contributed by atoms with van der Waals surface area (Å²) in [6.45, 7) is 1.78. The van der Waals surface area contributed by atoms with Crippen LogP contribution in [0.25, 0.3) is 0 Å². The lowest BCUT2D eigenvalue weighted by Gasteiger charge is -2.17. The van der Waals surface area contributed by atoms with Crippen molar-refractivity contribution in [2.24, 2.45) is 0 Å². The van der Waals surface area contributed by atoms with Crippen LogP contribution in [0.2, 0.25) is 0 Å². The third kappa shape index (κ3) is 3.23. The van der Waals surface area contributed by atoms with Gasteiger partial charge in [-0.3, -0.25) is 0 Å². The average Bonchev–Trinajstić information content (AvgIpc) is 2.40. The Hall–Kier alpha value is -2.17. The lowest BCUT2D eigenvalue weighted by molar-refractivity contribution is -0.137. The quantitative estimate of drug-likeness (QED) is 0.845. The fourth-order valence-electron chi connectivity index (χ4n) is 1.85. The summed E-state index contributed by atoms with van der Waals surface area (Å²) >= 11 is 0. The standard InChI is InChI=1S/C15H14F3NO/c1-10(11-5-3-2-4-6-11)20-12-7-8-14(19)13(9-12)15(16,17)18/h2-10H,19H2,1H3. The molecule has 0 aromatic heterocycles. The molecule has 20 heavy (non-hydrogen) atoms. The molecule has 2 rings (SSSR count). The summed E-state index contributed by atoms with van der Waals surface area (Å²) < 4.78 is 43.8. The maximum absolute atomic E-state index is 12.8. The minimum absolute atomic E-state index is 0.142. The van der Waals surface area contributed by atoms with E-state index in [-0.39, 0.29) is 17.5 Å². The van der Waals surface area contributed by atoms with E-state index < -0.39 is 11.7 Å². The highest BCUT2D eigenvalue weighted by molar-refractivity contribution is 5.52. The van der Waals surface area contributed by atoms with E-state index in [2.05, 4.69) is 0 Å². The summed E-state index contributed by atoms with van der Waals surface area (Å²) in [6, 6.07) is 12.8. The first-order valence-electron chi connectivity index (χ1n) is 6.06. The van der Waals surface area contributed by atoms with Crippen molar-refractivity contribution in [3.8, 4) is 5.75 Å². The summed E-state index contributed by atoms with van der Waals surface area (Å²) in [5, 5.41) is 0. The smallest absolute Gasteiger partial charge is 0.418 e. The van der Waals surface area contributed by atoms with Crippen LogP contribution in [0.1, 0.15) is 24.2 Å². The third-order valence-corrected chi connectivity index (χ3v) is 2.91. The van der Waals surface area contributed by atoms with Crippen LogP contribution in [0.4, 0.5) is 18.9 Å². The van der Waals surface area contributed by atoms with Crippen LogP contribution in [0, 0.1) is 0 Å². The van der Waals surface area contributed by atoms with E-state index in [1.165, 1.54) is 12.1 Å². The minimum atomic E-state index is -4.49. The van der Waals surface area contributed by atoms with E-state index >= 15 is 0 Å².